The maximum atomic E-state index is 13.3. The molecule has 0 saturated heterocycles. The fourth-order valence-electron chi connectivity index (χ4n) is 1.84. The molecule has 1 aromatic carbocycles. The molecular formula is C18H23F2NO. The van der Waals surface area contributed by atoms with Crippen LogP contribution in [0.3, 0.4) is 0 Å². The van der Waals surface area contributed by atoms with Crippen molar-refractivity contribution in [2.24, 2.45) is 0 Å². The van der Waals surface area contributed by atoms with Crippen molar-refractivity contribution in [1.82, 2.24) is 0 Å². The lowest BCUT2D eigenvalue weighted by molar-refractivity contribution is -0.131. The first-order valence-electron chi connectivity index (χ1n) is 7.14. The van der Waals surface area contributed by atoms with Gasteiger partial charge in [0.25, 0.3) is 0 Å². The van der Waals surface area contributed by atoms with Crippen molar-refractivity contribution in [2.75, 3.05) is 11.9 Å². The molecule has 0 fully saturated rings. The van der Waals surface area contributed by atoms with Crippen molar-refractivity contribution in [3.63, 3.8) is 0 Å². The summed E-state index contributed by atoms with van der Waals surface area (Å²) in [5, 5.41) is 0. The fourth-order valence-corrected chi connectivity index (χ4v) is 1.84. The van der Waals surface area contributed by atoms with Crippen LogP contribution in [0, 0.1) is 0 Å². The van der Waals surface area contributed by atoms with Gasteiger partial charge >= 0.3 is 6.11 Å². The highest BCUT2D eigenvalue weighted by molar-refractivity contribution is 5.53. The van der Waals surface area contributed by atoms with Gasteiger partial charge in [-0.25, -0.2) is 0 Å². The van der Waals surface area contributed by atoms with E-state index in [2.05, 4.69) is 10.8 Å². The van der Waals surface area contributed by atoms with Crippen molar-refractivity contribution in [1.29, 1.82) is 0 Å². The molecule has 0 N–H and O–H groups in total. The van der Waals surface area contributed by atoms with Gasteiger partial charge in [0, 0.05) is 24.5 Å². The zero-order valence-electron chi connectivity index (χ0n) is 13.7. The van der Waals surface area contributed by atoms with Crippen LogP contribution in [-0.2, 0) is 0 Å². The SMILES string of the molecule is C/C=C(C)\C=C(\C)N(C)c1ccc(OC(F)(F)/C=C/C)cc1. The van der Waals surface area contributed by atoms with Crippen molar-refractivity contribution < 1.29 is 13.5 Å². The number of anilines is 1. The van der Waals surface area contributed by atoms with Crippen LogP contribution < -0.4 is 9.64 Å². The van der Waals surface area contributed by atoms with E-state index in [-0.39, 0.29) is 5.75 Å². The van der Waals surface area contributed by atoms with Gasteiger partial charge in [0.15, 0.2) is 0 Å². The van der Waals surface area contributed by atoms with Crippen molar-refractivity contribution in [2.45, 2.75) is 33.8 Å². The van der Waals surface area contributed by atoms with Gasteiger partial charge in [0.1, 0.15) is 5.75 Å². The van der Waals surface area contributed by atoms with Gasteiger partial charge < -0.3 is 9.64 Å². The zero-order chi connectivity index (χ0) is 16.8. The highest BCUT2D eigenvalue weighted by Crippen LogP contribution is 2.26. The summed E-state index contributed by atoms with van der Waals surface area (Å²) >= 11 is 0. The summed E-state index contributed by atoms with van der Waals surface area (Å²) in [4.78, 5) is 1.99. The van der Waals surface area contributed by atoms with Crippen LogP contribution in [0.1, 0.15) is 27.7 Å². The molecule has 4 heteroatoms. The number of allylic oxidation sites excluding steroid dienone is 5. The lowest BCUT2D eigenvalue weighted by Gasteiger charge is -2.21. The number of benzene rings is 1. The number of hydrogen-bond donors (Lipinski definition) is 0. The van der Waals surface area contributed by atoms with Gasteiger partial charge in [0.05, 0.1) is 0 Å². The average molecular weight is 307 g/mol. The maximum absolute atomic E-state index is 13.3. The van der Waals surface area contributed by atoms with Crippen molar-refractivity contribution in [3.05, 3.63) is 59.8 Å². The molecule has 0 heterocycles. The van der Waals surface area contributed by atoms with E-state index in [0.717, 1.165) is 23.0 Å². The summed E-state index contributed by atoms with van der Waals surface area (Å²) in [5.41, 5.74) is 3.12. The normalized spacial score (nSPS) is 13.6. The number of rotatable bonds is 6. The molecule has 0 aliphatic heterocycles. The molecule has 1 aromatic rings. The van der Waals surface area contributed by atoms with Crippen LogP contribution in [0.4, 0.5) is 14.5 Å². The second kappa shape index (κ2) is 7.78. The number of hydrogen-bond acceptors (Lipinski definition) is 2. The molecule has 0 unspecified atom stereocenters. The third-order valence-electron chi connectivity index (χ3n) is 3.26. The first-order chi connectivity index (χ1) is 10.3. The van der Waals surface area contributed by atoms with E-state index in [9.17, 15) is 8.78 Å². The average Bonchev–Trinajstić information content (AvgIpc) is 2.46. The molecular weight excluding hydrogens is 284 g/mol. The summed E-state index contributed by atoms with van der Waals surface area (Å²) in [6.45, 7) is 7.53. The third kappa shape index (κ3) is 5.35. The first-order valence-corrected chi connectivity index (χ1v) is 7.14. The van der Waals surface area contributed by atoms with Crippen LogP contribution in [0.15, 0.2) is 59.8 Å². The van der Waals surface area contributed by atoms with E-state index in [1.165, 1.54) is 13.0 Å². The van der Waals surface area contributed by atoms with Crippen molar-refractivity contribution in [3.8, 4) is 5.75 Å². The third-order valence-corrected chi connectivity index (χ3v) is 3.26. The standard InChI is InChI=1S/C18H23F2NO/c1-6-12-18(19,20)22-17-10-8-16(9-11-17)21(5)15(4)13-14(3)7-2/h6-13H,1-5H3/b12-6+,14-7-,15-13-. The Morgan fingerprint density at radius 1 is 1.14 bits per heavy atom. The first kappa shape index (κ1) is 18.0. The minimum absolute atomic E-state index is 0.131. The smallest absolute Gasteiger partial charge is 0.419 e. The van der Waals surface area contributed by atoms with Gasteiger partial charge in [-0.15, -0.1) is 0 Å². The minimum Gasteiger partial charge on any atom is -0.429 e. The van der Waals surface area contributed by atoms with Crippen LogP contribution in [-0.4, -0.2) is 13.2 Å². The summed E-state index contributed by atoms with van der Waals surface area (Å²) in [6, 6.07) is 6.59. The minimum atomic E-state index is -3.29. The van der Waals surface area contributed by atoms with E-state index in [1.54, 1.807) is 24.3 Å². The van der Waals surface area contributed by atoms with Crippen molar-refractivity contribution >= 4 is 5.69 Å². The van der Waals surface area contributed by atoms with Crippen LogP contribution in [0.2, 0.25) is 0 Å². The molecule has 1 rings (SSSR count). The van der Waals surface area contributed by atoms with Gasteiger partial charge in [0.2, 0.25) is 0 Å². The molecule has 0 radical (unpaired) electrons. The Hall–Kier alpha value is -2.10. The fraction of sp³-hybridized carbons (Fsp3) is 0.333. The number of alkyl halides is 2. The molecule has 0 atom stereocenters. The Morgan fingerprint density at radius 2 is 1.73 bits per heavy atom. The van der Waals surface area contributed by atoms with E-state index in [0.29, 0.717) is 0 Å². The maximum Gasteiger partial charge on any atom is 0.419 e. The number of halogens is 2. The summed E-state index contributed by atoms with van der Waals surface area (Å²) in [5.74, 6) is 0.131. The van der Waals surface area contributed by atoms with Gasteiger partial charge in [-0.05, 0) is 58.0 Å². The second-order valence-electron chi connectivity index (χ2n) is 5.04. The topological polar surface area (TPSA) is 12.5 Å². The molecule has 120 valence electrons. The monoisotopic (exact) mass is 307 g/mol. The van der Waals surface area contributed by atoms with Crippen LogP contribution in [0.5, 0.6) is 5.75 Å². The van der Waals surface area contributed by atoms with Crippen LogP contribution >= 0.6 is 0 Å². The molecule has 2 nitrogen and oxygen atoms in total. The van der Waals surface area contributed by atoms with Crippen LogP contribution in [0.25, 0.3) is 0 Å². The van der Waals surface area contributed by atoms with Gasteiger partial charge in [-0.1, -0.05) is 17.7 Å². The Labute approximate surface area is 131 Å². The Kier molecular flexibility index (Phi) is 6.35. The number of ether oxygens (including phenoxy) is 1. The molecule has 22 heavy (non-hydrogen) atoms. The summed E-state index contributed by atoms with van der Waals surface area (Å²) < 4.78 is 31.3. The molecule has 0 amide bonds. The Balaban J connectivity index is 2.87. The summed E-state index contributed by atoms with van der Waals surface area (Å²) in [7, 11) is 1.93. The second-order valence-corrected chi connectivity index (χ2v) is 5.04. The molecule has 0 aromatic heterocycles. The Morgan fingerprint density at radius 3 is 2.23 bits per heavy atom. The lowest BCUT2D eigenvalue weighted by atomic mass is 10.2. The zero-order valence-corrected chi connectivity index (χ0v) is 13.7. The quantitative estimate of drug-likeness (QED) is 0.505. The van der Waals surface area contributed by atoms with Gasteiger partial charge in [-0.2, -0.15) is 8.78 Å². The van der Waals surface area contributed by atoms with E-state index >= 15 is 0 Å². The van der Waals surface area contributed by atoms with E-state index in [4.69, 9.17) is 0 Å². The molecule has 0 saturated carbocycles. The van der Waals surface area contributed by atoms with Gasteiger partial charge in [-0.3, -0.25) is 0 Å². The lowest BCUT2D eigenvalue weighted by Crippen LogP contribution is -2.21. The predicted molar refractivity (Wildman–Crippen MR) is 88.4 cm³/mol. The number of nitrogens with zero attached hydrogens (tertiary/aromatic N) is 1. The highest BCUT2D eigenvalue weighted by Gasteiger charge is 2.27. The summed E-state index contributed by atoms with van der Waals surface area (Å²) in [6.07, 6.45) is 2.78. The highest BCUT2D eigenvalue weighted by atomic mass is 19.3. The van der Waals surface area contributed by atoms with E-state index < -0.39 is 6.11 Å². The molecule has 0 aliphatic carbocycles. The van der Waals surface area contributed by atoms with E-state index in [1.807, 2.05) is 38.8 Å². The Bertz CT molecular complexity index is 571. The molecule has 0 aliphatic rings. The largest absolute Gasteiger partial charge is 0.429 e. The molecule has 0 bridgehead atoms. The predicted octanol–water partition coefficient (Wildman–Crippen LogP) is 5.54. The molecule has 0 spiro atoms.